The molecule has 1 aromatic carbocycles. The maximum atomic E-state index is 13.0. The molecule has 0 bridgehead atoms. The van der Waals surface area contributed by atoms with Crippen LogP contribution in [0, 0.1) is 0 Å². The Balaban J connectivity index is 2.18. The van der Waals surface area contributed by atoms with Gasteiger partial charge in [-0.1, -0.05) is 12.1 Å². The second-order valence-electron chi connectivity index (χ2n) is 4.82. The van der Waals surface area contributed by atoms with Gasteiger partial charge in [0.05, 0.1) is 5.56 Å². The first-order valence-electron chi connectivity index (χ1n) is 6.37. The van der Waals surface area contributed by atoms with Crippen molar-refractivity contribution in [2.24, 2.45) is 0 Å². The highest BCUT2D eigenvalue weighted by Gasteiger charge is 2.35. The van der Waals surface area contributed by atoms with Gasteiger partial charge in [-0.2, -0.15) is 26.3 Å². The molecular formula is C14H6BrF6N3. The standard InChI is InChI=1S/C14H6BrF6N3/c15-12-22-11-9(5-6-10(14(19,20)21)24(11)23-12)7-1-3-8(4-2-7)13(16,17)18/h1-6H. The van der Waals surface area contributed by atoms with E-state index >= 15 is 0 Å². The van der Waals surface area contributed by atoms with Crippen LogP contribution < -0.4 is 0 Å². The predicted octanol–water partition coefficient (Wildman–Crippen LogP) is 5.20. The first-order chi connectivity index (χ1) is 11.1. The molecule has 0 saturated carbocycles. The van der Waals surface area contributed by atoms with Gasteiger partial charge in [-0.05, 0) is 45.8 Å². The zero-order valence-electron chi connectivity index (χ0n) is 11.5. The monoisotopic (exact) mass is 409 g/mol. The lowest BCUT2D eigenvalue weighted by Crippen LogP contribution is -2.12. The lowest BCUT2D eigenvalue weighted by Gasteiger charge is -2.11. The number of pyridine rings is 1. The molecule has 2 heterocycles. The van der Waals surface area contributed by atoms with Gasteiger partial charge in [0.1, 0.15) is 5.69 Å². The average Bonchev–Trinajstić information content (AvgIpc) is 2.85. The van der Waals surface area contributed by atoms with Crippen molar-refractivity contribution in [3.05, 3.63) is 52.4 Å². The van der Waals surface area contributed by atoms with Crippen LogP contribution in [0.3, 0.4) is 0 Å². The van der Waals surface area contributed by atoms with E-state index in [1.54, 1.807) is 0 Å². The van der Waals surface area contributed by atoms with Gasteiger partial charge in [0, 0.05) is 5.56 Å². The van der Waals surface area contributed by atoms with Crippen LogP contribution in [0.1, 0.15) is 11.3 Å². The third-order valence-corrected chi connectivity index (χ3v) is 3.61. The molecule has 126 valence electrons. The van der Waals surface area contributed by atoms with E-state index < -0.39 is 23.6 Å². The largest absolute Gasteiger partial charge is 0.433 e. The Kier molecular flexibility index (Phi) is 3.82. The summed E-state index contributed by atoms with van der Waals surface area (Å²) < 4.78 is 77.4. The Morgan fingerprint density at radius 2 is 1.46 bits per heavy atom. The van der Waals surface area contributed by atoms with Crippen LogP contribution >= 0.6 is 15.9 Å². The van der Waals surface area contributed by atoms with Crippen LogP contribution in [-0.4, -0.2) is 14.6 Å². The lowest BCUT2D eigenvalue weighted by atomic mass is 10.0. The Morgan fingerprint density at radius 3 is 2.00 bits per heavy atom. The normalized spacial score (nSPS) is 12.8. The van der Waals surface area contributed by atoms with Gasteiger partial charge < -0.3 is 0 Å². The average molecular weight is 410 g/mol. The van der Waals surface area contributed by atoms with Crippen LogP contribution in [-0.2, 0) is 12.4 Å². The summed E-state index contributed by atoms with van der Waals surface area (Å²) in [5, 5.41) is 3.64. The van der Waals surface area contributed by atoms with Crippen molar-refractivity contribution < 1.29 is 26.3 Å². The van der Waals surface area contributed by atoms with Crippen LogP contribution in [0.25, 0.3) is 16.8 Å². The lowest BCUT2D eigenvalue weighted by molar-refractivity contribution is -0.142. The summed E-state index contributed by atoms with van der Waals surface area (Å²) in [6.45, 7) is 0. The van der Waals surface area contributed by atoms with Crippen molar-refractivity contribution in [1.29, 1.82) is 0 Å². The van der Waals surface area contributed by atoms with E-state index in [0.717, 1.165) is 24.3 Å². The molecule has 0 spiro atoms. The van der Waals surface area contributed by atoms with Gasteiger partial charge in [-0.3, -0.25) is 0 Å². The number of benzene rings is 1. The van der Waals surface area contributed by atoms with Crippen molar-refractivity contribution in [2.45, 2.75) is 12.4 Å². The maximum Gasteiger partial charge on any atom is 0.433 e. The number of hydrogen-bond donors (Lipinski definition) is 0. The molecule has 3 nitrogen and oxygen atoms in total. The third kappa shape index (κ3) is 2.97. The quantitative estimate of drug-likeness (QED) is 0.517. The molecule has 3 aromatic rings. The third-order valence-electron chi connectivity index (χ3n) is 3.27. The number of alkyl halides is 6. The van der Waals surface area contributed by atoms with E-state index in [2.05, 4.69) is 26.0 Å². The fraction of sp³-hybridized carbons (Fsp3) is 0.143. The molecule has 0 saturated heterocycles. The number of fused-ring (bicyclic) bond motifs is 1. The van der Waals surface area contributed by atoms with Crippen LogP contribution in [0.5, 0.6) is 0 Å². The highest BCUT2D eigenvalue weighted by molar-refractivity contribution is 9.10. The highest BCUT2D eigenvalue weighted by Crippen LogP contribution is 2.35. The van der Waals surface area contributed by atoms with Crippen LogP contribution in [0.15, 0.2) is 41.1 Å². The van der Waals surface area contributed by atoms with Gasteiger partial charge in [0.25, 0.3) is 0 Å². The Morgan fingerprint density at radius 1 is 0.833 bits per heavy atom. The van der Waals surface area contributed by atoms with Gasteiger partial charge in [-0.25, -0.2) is 9.50 Å². The fourth-order valence-electron chi connectivity index (χ4n) is 2.22. The minimum Gasteiger partial charge on any atom is -0.207 e. The zero-order chi connectivity index (χ0) is 17.7. The maximum absolute atomic E-state index is 13.0. The minimum atomic E-state index is -4.65. The molecule has 0 atom stereocenters. The minimum absolute atomic E-state index is 0.0626. The van der Waals surface area contributed by atoms with E-state index in [1.807, 2.05) is 0 Å². The molecule has 10 heteroatoms. The van der Waals surface area contributed by atoms with Gasteiger partial charge in [-0.15, -0.1) is 5.10 Å². The van der Waals surface area contributed by atoms with Gasteiger partial charge in [0.2, 0.25) is 4.73 Å². The number of hydrogen-bond acceptors (Lipinski definition) is 2. The van der Waals surface area contributed by atoms with E-state index in [9.17, 15) is 26.3 Å². The summed E-state index contributed by atoms with van der Waals surface area (Å²) in [5.41, 5.74) is -1.48. The number of nitrogens with zero attached hydrogens (tertiary/aromatic N) is 3. The van der Waals surface area contributed by atoms with Gasteiger partial charge in [0.15, 0.2) is 5.65 Å². The van der Waals surface area contributed by atoms with E-state index in [1.165, 1.54) is 12.1 Å². The predicted molar refractivity (Wildman–Crippen MR) is 76.1 cm³/mol. The number of halogens is 7. The van der Waals surface area contributed by atoms with E-state index in [4.69, 9.17) is 0 Å². The summed E-state index contributed by atoms with van der Waals surface area (Å²) in [6, 6.07) is 6.02. The van der Waals surface area contributed by atoms with Crippen LogP contribution in [0.2, 0.25) is 0 Å². The van der Waals surface area contributed by atoms with E-state index in [-0.39, 0.29) is 15.9 Å². The molecule has 0 unspecified atom stereocenters. The highest BCUT2D eigenvalue weighted by atomic mass is 79.9. The summed E-state index contributed by atoms with van der Waals surface area (Å²) in [6.07, 6.45) is -9.14. The molecule has 0 radical (unpaired) electrons. The molecular weight excluding hydrogens is 404 g/mol. The second kappa shape index (κ2) is 5.47. The van der Waals surface area contributed by atoms with Crippen molar-refractivity contribution in [2.75, 3.05) is 0 Å². The second-order valence-corrected chi connectivity index (χ2v) is 5.53. The van der Waals surface area contributed by atoms with Crippen molar-refractivity contribution in [3.8, 4) is 11.1 Å². The smallest absolute Gasteiger partial charge is 0.207 e. The first kappa shape index (κ1) is 16.7. The van der Waals surface area contributed by atoms with Gasteiger partial charge >= 0.3 is 12.4 Å². The molecule has 24 heavy (non-hydrogen) atoms. The summed E-state index contributed by atoms with van der Waals surface area (Å²) >= 11 is 2.91. The fourth-order valence-corrected chi connectivity index (χ4v) is 2.54. The van der Waals surface area contributed by atoms with Crippen molar-refractivity contribution >= 4 is 21.6 Å². The SMILES string of the molecule is FC(F)(F)c1ccc(-c2ccc(C(F)(F)F)n3nc(Br)nc23)cc1. The Labute approximate surface area is 139 Å². The van der Waals surface area contributed by atoms with Crippen LogP contribution in [0.4, 0.5) is 26.3 Å². The molecule has 0 N–H and O–H groups in total. The molecule has 0 fully saturated rings. The molecule has 2 aromatic heterocycles. The summed E-state index contributed by atoms with van der Waals surface area (Å²) in [4.78, 5) is 3.88. The molecule has 0 aliphatic carbocycles. The molecule has 0 aliphatic rings. The topological polar surface area (TPSA) is 30.2 Å². The molecule has 3 rings (SSSR count). The first-order valence-corrected chi connectivity index (χ1v) is 7.17. The van der Waals surface area contributed by atoms with Crippen molar-refractivity contribution in [3.63, 3.8) is 0 Å². The number of aromatic nitrogens is 3. The van der Waals surface area contributed by atoms with E-state index in [0.29, 0.717) is 10.1 Å². The summed E-state index contributed by atoms with van der Waals surface area (Å²) in [5.74, 6) is 0. The zero-order valence-corrected chi connectivity index (χ0v) is 13.0. The molecule has 0 aliphatic heterocycles. The Bertz CT molecular complexity index is 896. The Hall–Kier alpha value is -2.10. The number of rotatable bonds is 1. The molecule has 0 amide bonds. The van der Waals surface area contributed by atoms with Crippen molar-refractivity contribution in [1.82, 2.24) is 14.6 Å². The summed E-state index contributed by atoms with van der Waals surface area (Å²) in [7, 11) is 0.